The van der Waals surface area contributed by atoms with E-state index < -0.39 is 0 Å². The first-order valence-electron chi connectivity index (χ1n) is 11.4. The van der Waals surface area contributed by atoms with Crippen LogP contribution in [0.2, 0.25) is 0 Å². The molecule has 0 heterocycles. The van der Waals surface area contributed by atoms with E-state index in [9.17, 15) is 10.2 Å². The number of rotatable bonds is 14. The SMILES string of the molecule is CCCCCCC(SC(CCCCCC)c1ccccc1O)c1ccccc1O. The summed E-state index contributed by atoms with van der Waals surface area (Å²) in [6, 6.07) is 15.5. The predicted octanol–water partition coefficient (Wildman–Crippen LogP) is 8.55. The fourth-order valence-corrected chi connectivity index (χ4v) is 5.52. The average Bonchev–Trinajstić information content (AvgIpc) is 2.73. The molecule has 0 fully saturated rings. The van der Waals surface area contributed by atoms with Gasteiger partial charge >= 0.3 is 0 Å². The zero-order chi connectivity index (χ0) is 20.9. The smallest absolute Gasteiger partial charge is 0.119 e. The molecule has 29 heavy (non-hydrogen) atoms. The van der Waals surface area contributed by atoms with E-state index in [-0.39, 0.29) is 10.5 Å². The molecule has 0 spiro atoms. The van der Waals surface area contributed by atoms with E-state index in [1.165, 1.54) is 51.4 Å². The van der Waals surface area contributed by atoms with Crippen LogP contribution in [0.5, 0.6) is 11.5 Å². The number of phenols is 2. The molecule has 0 aliphatic rings. The van der Waals surface area contributed by atoms with Crippen LogP contribution < -0.4 is 0 Å². The maximum Gasteiger partial charge on any atom is 0.119 e. The molecule has 0 aliphatic heterocycles. The lowest BCUT2D eigenvalue weighted by atomic mass is 10.0. The van der Waals surface area contributed by atoms with Gasteiger partial charge < -0.3 is 10.2 Å². The molecule has 2 rings (SSSR count). The molecule has 0 radical (unpaired) electrons. The molecule has 0 saturated heterocycles. The number of unbranched alkanes of at least 4 members (excludes halogenated alkanes) is 6. The first kappa shape index (κ1) is 23.7. The van der Waals surface area contributed by atoms with Crippen LogP contribution in [0.3, 0.4) is 0 Å². The summed E-state index contributed by atoms with van der Waals surface area (Å²) in [6.45, 7) is 4.47. The minimum Gasteiger partial charge on any atom is -0.508 e. The summed E-state index contributed by atoms with van der Waals surface area (Å²) < 4.78 is 0. The molecule has 160 valence electrons. The molecule has 0 saturated carbocycles. The molecule has 2 aromatic rings. The number of thioether (sulfide) groups is 1. The molecule has 3 heteroatoms. The van der Waals surface area contributed by atoms with Crippen molar-refractivity contribution in [2.45, 2.75) is 88.6 Å². The van der Waals surface area contributed by atoms with Crippen LogP contribution in [0.4, 0.5) is 0 Å². The van der Waals surface area contributed by atoms with Gasteiger partial charge in [-0.2, -0.15) is 0 Å². The Labute approximate surface area is 181 Å². The normalized spacial score (nSPS) is 13.3. The number of benzene rings is 2. The van der Waals surface area contributed by atoms with E-state index in [2.05, 4.69) is 26.0 Å². The minimum absolute atomic E-state index is 0.240. The first-order valence-corrected chi connectivity index (χ1v) is 12.3. The maximum absolute atomic E-state index is 10.5. The third-order valence-corrected chi connectivity index (χ3v) is 7.17. The first-order chi connectivity index (χ1) is 14.2. The number of hydrogen-bond acceptors (Lipinski definition) is 3. The molecule has 0 aliphatic carbocycles. The second-order valence-corrected chi connectivity index (χ2v) is 9.34. The van der Waals surface area contributed by atoms with Crippen LogP contribution >= 0.6 is 11.8 Å². The summed E-state index contributed by atoms with van der Waals surface area (Å²) in [5.74, 6) is 0.782. The van der Waals surface area contributed by atoms with Gasteiger partial charge in [0.05, 0.1) is 0 Å². The molecule has 2 N–H and O–H groups in total. The molecule has 0 bridgehead atoms. The van der Waals surface area contributed by atoms with Gasteiger partial charge in [0.15, 0.2) is 0 Å². The van der Waals surface area contributed by atoms with E-state index >= 15 is 0 Å². The van der Waals surface area contributed by atoms with Gasteiger partial charge in [-0.15, -0.1) is 11.8 Å². The maximum atomic E-state index is 10.5. The number of hydrogen-bond donors (Lipinski definition) is 2. The minimum atomic E-state index is 0.240. The molecule has 2 unspecified atom stereocenters. The van der Waals surface area contributed by atoms with Gasteiger partial charge in [-0.3, -0.25) is 0 Å². The van der Waals surface area contributed by atoms with Crippen molar-refractivity contribution in [3.63, 3.8) is 0 Å². The van der Waals surface area contributed by atoms with Crippen LogP contribution in [0.25, 0.3) is 0 Å². The van der Waals surface area contributed by atoms with Crippen LogP contribution in [0.15, 0.2) is 48.5 Å². The Hall–Kier alpha value is -1.61. The van der Waals surface area contributed by atoms with E-state index in [1.807, 2.05) is 36.0 Å². The summed E-state index contributed by atoms with van der Waals surface area (Å²) in [4.78, 5) is 0. The highest BCUT2D eigenvalue weighted by atomic mass is 32.2. The summed E-state index contributed by atoms with van der Waals surface area (Å²) in [7, 11) is 0. The van der Waals surface area contributed by atoms with Crippen molar-refractivity contribution in [1.29, 1.82) is 0 Å². The Balaban J connectivity index is 2.20. The van der Waals surface area contributed by atoms with Crippen LogP contribution in [0.1, 0.15) is 99.7 Å². The standard InChI is InChI=1S/C26H38O2S/c1-3-5-7-9-19-25(21-15-11-13-17-23(21)27)29-26(20-10-8-6-4-2)22-16-12-14-18-24(22)28/h11-18,25-28H,3-10,19-20H2,1-2H3. The predicted molar refractivity (Wildman–Crippen MR) is 127 cm³/mol. The van der Waals surface area contributed by atoms with Crippen LogP contribution in [-0.4, -0.2) is 10.2 Å². The van der Waals surface area contributed by atoms with Crippen LogP contribution in [-0.2, 0) is 0 Å². The second-order valence-electron chi connectivity index (χ2n) is 7.93. The Bertz CT molecular complexity index is 641. The van der Waals surface area contributed by atoms with Gasteiger partial charge in [-0.25, -0.2) is 0 Å². The molecular weight excluding hydrogens is 376 g/mol. The Morgan fingerprint density at radius 1 is 0.621 bits per heavy atom. The summed E-state index contributed by atoms with van der Waals surface area (Å²) in [5, 5.41) is 21.5. The number of aromatic hydroxyl groups is 2. The van der Waals surface area contributed by atoms with Gasteiger partial charge in [0, 0.05) is 21.6 Å². The van der Waals surface area contributed by atoms with E-state index in [1.54, 1.807) is 12.1 Å². The molecule has 0 amide bonds. The quantitative estimate of drug-likeness (QED) is 0.304. The highest BCUT2D eigenvalue weighted by Gasteiger charge is 2.23. The molecule has 2 aromatic carbocycles. The van der Waals surface area contributed by atoms with Crippen molar-refractivity contribution >= 4 is 11.8 Å². The van der Waals surface area contributed by atoms with Gasteiger partial charge in [0.25, 0.3) is 0 Å². The fraction of sp³-hybridized carbons (Fsp3) is 0.538. The van der Waals surface area contributed by atoms with Crippen LogP contribution in [0, 0.1) is 0 Å². The lowest BCUT2D eigenvalue weighted by Crippen LogP contribution is -2.02. The lowest BCUT2D eigenvalue weighted by Gasteiger charge is -2.25. The van der Waals surface area contributed by atoms with E-state index in [0.29, 0.717) is 11.5 Å². The van der Waals surface area contributed by atoms with Crippen molar-refractivity contribution in [2.75, 3.05) is 0 Å². The largest absolute Gasteiger partial charge is 0.508 e. The third-order valence-electron chi connectivity index (χ3n) is 5.54. The molecule has 2 nitrogen and oxygen atoms in total. The van der Waals surface area contributed by atoms with Crippen molar-refractivity contribution in [1.82, 2.24) is 0 Å². The Morgan fingerprint density at radius 3 is 1.41 bits per heavy atom. The zero-order valence-corrected chi connectivity index (χ0v) is 19.0. The highest BCUT2D eigenvalue weighted by molar-refractivity contribution is 7.99. The number of phenolic OH excluding ortho intramolecular Hbond substituents is 2. The third kappa shape index (κ3) is 7.97. The number of para-hydroxylation sites is 2. The summed E-state index contributed by atoms with van der Waals surface area (Å²) >= 11 is 1.92. The molecular formula is C26H38O2S. The van der Waals surface area contributed by atoms with Crippen molar-refractivity contribution < 1.29 is 10.2 Å². The molecule has 0 aromatic heterocycles. The van der Waals surface area contributed by atoms with Gasteiger partial charge in [0.2, 0.25) is 0 Å². The summed E-state index contributed by atoms with van der Waals surface area (Å²) in [5.41, 5.74) is 2.06. The lowest BCUT2D eigenvalue weighted by molar-refractivity contribution is 0.463. The molecule has 2 atom stereocenters. The highest BCUT2D eigenvalue weighted by Crippen LogP contribution is 2.49. The fourth-order valence-electron chi connectivity index (χ4n) is 3.82. The monoisotopic (exact) mass is 414 g/mol. The topological polar surface area (TPSA) is 40.5 Å². The van der Waals surface area contributed by atoms with E-state index in [0.717, 1.165) is 24.0 Å². The van der Waals surface area contributed by atoms with E-state index in [4.69, 9.17) is 0 Å². The Kier molecular flexibility index (Phi) is 11.1. The zero-order valence-electron chi connectivity index (χ0n) is 18.1. The van der Waals surface area contributed by atoms with Gasteiger partial charge in [0.1, 0.15) is 11.5 Å². The van der Waals surface area contributed by atoms with Crippen molar-refractivity contribution in [2.24, 2.45) is 0 Å². The van der Waals surface area contributed by atoms with Gasteiger partial charge in [-0.1, -0.05) is 102 Å². The van der Waals surface area contributed by atoms with Crippen molar-refractivity contribution in [3.05, 3.63) is 59.7 Å². The van der Waals surface area contributed by atoms with Crippen molar-refractivity contribution in [3.8, 4) is 11.5 Å². The Morgan fingerprint density at radius 2 is 1.03 bits per heavy atom. The average molecular weight is 415 g/mol. The van der Waals surface area contributed by atoms with Gasteiger partial charge in [-0.05, 0) is 25.0 Å². The summed E-state index contributed by atoms with van der Waals surface area (Å²) in [6.07, 6.45) is 11.9. The second kappa shape index (κ2) is 13.6.